The van der Waals surface area contributed by atoms with Crippen molar-refractivity contribution in [2.45, 2.75) is 18.9 Å². The number of pyridine rings is 1. The molecule has 0 bridgehead atoms. The minimum absolute atomic E-state index is 0.0541. The Hall–Kier alpha value is -3.15. The lowest BCUT2D eigenvalue weighted by molar-refractivity contribution is 0.0693. The molecule has 1 aliphatic rings. The third-order valence-corrected chi connectivity index (χ3v) is 4.74. The lowest BCUT2D eigenvalue weighted by atomic mass is 10.0. The fourth-order valence-corrected chi connectivity index (χ4v) is 3.28. The summed E-state index contributed by atoms with van der Waals surface area (Å²) in [6.45, 7) is 1.24. The molecule has 6 nitrogen and oxygen atoms in total. The van der Waals surface area contributed by atoms with Gasteiger partial charge in [0.05, 0.1) is 0 Å². The van der Waals surface area contributed by atoms with Crippen LogP contribution in [0.2, 0.25) is 0 Å². The average Bonchev–Trinajstić information content (AvgIpc) is 3.13. The van der Waals surface area contributed by atoms with Crippen LogP contribution in [0.1, 0.15) is 33.7 Å². The highest BCUT2D eigenvalue weighted by molar-refractivity contribution is 5.94. The number of nitrogens with one attached hydrogen (secondary N) is 1. The standard InChI is InChI=1S/C20H20N4O2/c25-19(15-6-2-1-3-7-15)21-16-9-12-23(13-10-16)20(26)17-14-24-11-5-4-8-18(24)22-17/h1-8,11,14,16H,9-10,12-13H2,(H,21,25). The largest absolute Gasteiger partial charge is 0.349 e. The quantitative estimate of drug-likeness (QED) is 0.790. The van der Waals surface area contributed by atoms with E-state index in [4.69, 9.17) is 0 Å². The molecular formula is C20H20N4O2. The van der Waals surface area contributed by atoms with Gasteiger partial charge in [-0.3, -0.25) is 9.59 Å². The smallest absolute Gasteiger partial charge is 0.274 e. The second-order valence-corrected chi connectivity index (χ2v) is 6.50. The molecule has 0 radical (unpaired) electrons. The lowest BCUT2D eigenvalue weighted by Crippen LogP contribution is -2.46. The van der Waals surface area contributed by atoms with Crippen molar-refractivity contribution < 1.29 is 9.59 Å². The first-order chi connectivity index (χ1) is 12.7. The van der Waals surface area contributed by atoms with Crippen LogP contribution in [0.3, 0.4) is 0 Å². The molecule has 2 amide bonds. The first kappa shape index (κ1) is 16.3. The van der Waals surface area contributed by atoms with Crippen LogP contribution < -0.4 is 5.32 Å². The number of piperidine rings is 1. The van der Waals surface area contributed by atoms with Gasteiger partial charge < -0.3 is 14.6 Å². The average molecular weight is 348 g/mol. The van der Waals surface area contributed by atoms with E-state index in [9.17, 15) is 9.59 Å². The van der Waals surface area contributed by atoms with Crippen molar-refractivity contribution in [1.29, 1.82) is 0 Å². The van der Waals surface area contributed by atoms with E-state index in [1.807, 2.05) is 51.9 Å². The number of aromatic nitrogens is 2. The van der Waals surface area contributed by atoms with E-state index >= 15 is 0 Å². The molecule has 6 heteroatoms. The van der Waals surface area contributed by atoms with Crippen molar-refractivity contribution in [2.75, 3.05) is 13.1 Å². The number of likely N-dealkylation sites (tertiary alicyclic amines) is 1. The summed E-state index contributed by atoms with van der Waals surface area (Å²) >= 11 is 0. The molecule has 0 saturated carbocycles. The van der Waals surface area contributed by atoms with E-state index in [0.29, 0.717) is 24.3 Å². The van der Waals surface area contributed by atoms with E-state index in [2.05, 4.69) is 10.3 Å². The molecular weight excluding hydrogens is 328 g/mol. The molecule has 1 N–H and O–H groups in total. The summed E-state index contributed by atoms with van der Waals surface area (Å²) in [5.74, 6) is -0.114. The Morgan fingerprint density at radius 2 is 1.73 bits per heavy atom. The Morgan fingerprint density at radius 3 is 2.46 bits per heavy atom. The molecule has 0 spiro atoms. The van der Waals surface area contributed by atoms with Crippen molar-refractivity contribution in [2.24, 2.45) is 0 Å². The Kier molecular flexibility index (Phi) is 4.39. The minimum Gasteiger partial charge on any atom is -0.349 e. The summed E-state index contributed by atoms with van der Waals surface area (Å²) in [6.07, 6.45) is 5.14. The molecule has 3 aromatic rings. The number of amides is 2. The topological polar surface area (TPSA) is 66.7 Å². The number of fused-ring (bicyclic) bond motifs is 1. The van der Waals surface area contributed by atoms with Gasteiger partial charge in [-0.15, -0.1) is 0 Å². The SMILES string of the molecule is O=C(NC1CCN(C(=O)c2cn3ccccc3n2)CC1)c1ccccc1. The zero-order valence-electron chi connectivity index (χ0n) is 14.3. The maximum Gasteiger partial charge on any atom is 0.274 e. The fourth-order valence-electron chi connectivity index (χ4n) is 3.28. The zero-order valence-corrected chi connectivity index (χ0v) is 14.3. The summed E-state index contributed by atoms with van der Waals surface area (Å²) in [7, 11) is 0. The van der Waals surface area contributed by atoms with Gasteiger partial charge in [0, 0.05) is 37.1 Å². The number of carbonyl (C=O) groups excluding carboxylic acids is 2. The van der Waals surface area contributed by atoms with Gasteiger partial charge in [-0.2, -0.15) is 0 Å². The number of imidazole rings is 1. The number of hydrogen-bond acceptors (Lipinski definition) is 3. The lowest BCUT2D eigenvalue weighted by Gasteiger charge is -2.32. The van der Waals surface area contributed by atoms with E-state index in [-0.39, 0.29) is 17.9 Å². The van der Waals surface area contributed by atoms with E-state index in [1.54, 1.807) is 18.3 Å². The number of rotatable bonds is 3. The predicted octanol–water partition coefficient (Wildman–Crippen LogP) is 2.37. The van der Waals surface area contributed by atoms with Crippen LogP contribution in [0.25, 0.3) is 5.65 Å². The van der Waals surface area contributed by atoms with Crippen LogP contribution in [0.4, 0.5) is 0 Å². The normalized spacial score (nSPS) is 15.2. The molecule has 0 unspecified atom stereocenters. The second-order valence-electron chi connectivity index (χ2n) is 6.50. The van der Waals surface area contributed by atoms with Crippen LogP contribution >= 0.6 is 0 Å². The Balaban J connectivity index is 1.35. The molecule has 1 saturated heterocycles. The first-order valence-electron chi connectivity index (χ1n) is 8.79. The Labute approximate surface area is 151 Å². The maximum atomic E-state index is 12.7. The summed E-state index contributed by atoms with van der Waals surface area (Å²) < 4.78 is 1.85. The maximum absolute atomic E-state index is 12.7. The van der Waals surface area contributed by atoms with Crippen LogP contribution in [-0.2, 0) is 0 Å². The molecule has 1 aliphatic heterocycles. The fraction of sp³-hybridized carbons (Fsp3) is 0.250. The van der Waals surface area contributed by atoms with Gasteiger partial charge in [0.15, 0.2) is 0 Å². The number of nitrogens with zero attached hydrogens (tertiary/aromatic N) is 3. The van der Waals surface area contributed by atoms with E-state index in [1.165, 1.54) is 0 Å². The highest BCUT2D eigenvalue weighted by Crippen LogP contribution is 2.15. The van der Waals surface area contributed by atoms with Crippen LogP contribution in [0.15, 0.2) is 60.9 Å². The van der Waals surface area contributed by atoms with E-state index in [0.717, 1.165) is 18.5 Å². The summed E-state index contributed by atoms with van der Waals surface area (Å²) in [4.78, 5) is 31.1. The second kappa shape index (κ2) is 7.00. The van der Waals surface area contributed by atoms with Crippen molar-refractivity contribution in [3.05, 3.63) is 72.2 Å². The van der Waals surface area contributed by atoms with E-state index < -0.39 is 0 Å². The van der Waals surface area contributed by atoms with Gasteiger partial charge in [-0.1, -0.05) is 24.3 Å². The highest BCUT2D eigenvalue weighted by atomic mass is 16.2. The summed E-state index contributed by atoms with van der Waals surface area (Å²) in [5, 5.41) is 3.06. The van der Waals surface area contributed by atoms with Gasteiger partial charge in [-0.25, -0.2) is 4.98 Å². The van der Waals surface area contributed by atoms with Gasteiger partial charge >= 0.3 is 0 Å². The van der Waals surface area contributed by atoms with Gasteiger partial charge in [0.25, 0.3) is 11.8 Å². The molecule has 132 valence electrons. The third kappa shape index (κ3) is 3.31. The number of carbonyl (C=O) groups is 2. The van der Waals surface area contributed by atoms with Gasteiger partial charge in [0.1, 0.15) is 11.3 Å². The predicted molar refractivity (Wildman–Crippen MR) is 98.0 cm³/mol. The molecule has 4 rings (SSSR count). The number of benzene rings is 1. The number of hydrogen-bond donors (Lipinski definition) is 1. The molecule has 3 heterocycles. The third-order valence-electron chi connectivity index (χ3n) is 4.74. The van der Waals surface area contributed by atoms with Crippen LogP contribution in [0, 0.1) is 0 Å². The monoisotopic (exact) mass is 348 g/mol. The van der Waals surface area contributed by atoms with Crippen LogP contribution in [-0.4, -0.2) is 45.2 Å². The molecule has 2 aromatic heterocycles. The molecule has 26 heavy (non-hydrogen) atoms. The van der Waals surface area contributed by atoms with Crippen molar-refractivity contribution in [3.8, 4) is 0 Å². The molecule has 1 aromatic carbocycles. The van der Waals surface area contributed by atoms with Gasteiger partial charge in [-0.05, 0) is 37.1 Å². The zero-order chi connectivity index (χ0) is 17.9. The minimum atomic E-state index is -0.0595. The Bertz CT molecular complexity index is 894. The Morgan fingerprint density at radius 1 is 1.00 bits per heavy atom. The van der Waals surface area contributed by atoms with Crippen molar-refractivity contribution >= 4 is 17.5 Å². The molecule has 0 aliphatic carbocycles. The van der Waals surface area contributed by atoms with Crippen molar-refractivity contribution in [3.63, 3.8) is 0 Å². The summed E-state index contributed by atoms with van der Waals surface area (Å²) in [5.41, 5.74) is 1.89. The highest BCUT2D eigenvalue weighted by Gasteiger charge is 2.26. The van der Waals surface area contributed by atoms with Crippen LogP contribution in [0.5, 0.6) is 0 Å². The molecule has 0 atom stereocenters. The van der Waals surface area contributed by atoms with Crippen molar-refractivity contribution in [1.82, 2.24) is 19.6 Å². The van der Waals surface area contributed by atoms with Gasteiger partial charge in [0.2, 0.25) is 0 Å². The molecule has 1 fully saturated rings. The first-order valence-corrected chi connectivity index (χ1v) is 8.79. The summed E-state index contributed by atoms with van der Waals surface area (Å²) in [6, 6.07) is 15.0.